The van der Waals surface area contributed by atoms with Gasteiger partial charge in [0.15, 0.2) is 10.0 Å². The van der Waals surface area contributed by atoms with Gasteiger partial charge < -0.3 is 5.11 Å². The molecule has 0 bridgehead atoms. The summed E-state index contributed by atoms with van der Waals surface area (Å²) in [6, 6.07) is 17.1. The maximum absolute atomic E-state index is 13.6. The van der Waals surface area contributed by atoms with Crippen LogP contribution in [-0.2, 0) is 6.54 Å². The highest BCUT2D eigenvalue weighted by Gasteiger charge is 2.27. The van der Waals surface area contributed by atoms with Crippen molar-refractivity contribution < 1.29 is 9.67 Å². The van der Waals surface area contributed by atoms with Crippen molar-refractivity contribution in [2.24, 2.45) is 0 Å². The van der Waals surface area contributed by atoms with Gasteiger partial charge in [0.1, 0.15) is 6.54 Å². The van der Waals surface area contributed by atoms with Crippen LogP contribution in [-0.4, -0.2) is 14.5 Å². The van der Waals surface area contributed by atoms with Gasteiger partial charge in [0.05, 0.1) is 11.1 Å². The number of aromatic hydroxyl groups is 1. The van der Waals surface area contributed by atoms with Crippen LogP contribution < -0.4 is 10.1 Å². The molecule has 2 aromatic carbocycles. The highest BCUT2D eigenvalue weighted by Crippen LogP contribution is 2.33. The quantitative estimate of drug-likeness (QED) is 0.300. The van der Waals surface area contributed by atoms with Crippen molar-refractivity contribution in [3.8, 4) is 28.1 Å². The van der Waals surface area contributed by atoms with Gasteiger partial charge in [-0.1, -0.05) is 53.5 Å². The van der Waals surface area contributed by atoms with Crippen LogP contribution in [0.25, 0.3) is 27.9 Å². The Morgan fingerprint density at radius 1 is 1.06 bits per heavy atom. The minimum Gasteiger partial charge on any atom is -0.477 e. The van der Waals surface area contributed by atoms with Gasteiger partial charge in [0, 0.05) is 22.3 Å². The fourth-order valence-corrected chi connectivity index (χ4v) is 5.49. The van der Waals surface area contributed by atoms with E-state index in [4.69, 9.17) is 23.2 Å². The summed E-state index contributed by atoms with van der Waals surface area (Å²) in [5.74, 6) is -0.115. The van der Waals surface area contributed by atoms with E-state index in [0.29, 0.717) is 27.2 Å². The second-order valence-corrected chi connectivity index (χ2v) is 10.2. The van der Waals surface area contributed by atoms with Gasteiger partial charge in [-0.2, -0.15) is 8.97 Å². The molecule has 0 atom stereocenters. The second-order valence-electron chi connectivity index (χ2n) is 8.12. The number of pyridine rings is 1. The fourth-order valence-electron chi connectivity index (χ4n) is 4.18. The Morgan fingerprint density at radius 3 is 2.59 bits per heavy atom. The lowest BCUT2D eigenvalue weighted by molar-refractivity contribution is -0.671. The Morgan fingerprint density at radius 2 is 1.85 bits per heavy atom. The smallest absolute Gasteiger partial charge is 0.354 e. The van der Waals surface area contributed by atoms with E-state index in [2.05, 4.69) is 4.98 Å². The summed E-state index contributed by atoms with van der Waals surface area (Å²) in [5, 5.41) is 12.1. The molecule has 0 aliphatic carbocycles. The Labute approximate surface area is 210 Å². The first-order chi connectivity index (χ1) is 16.3. The molecule has 1 N–H and O–H groups in total. The lowest BCUT2D eigenvalue weighted by atomic mass is 9.99. The van der Waals surface area contributed by atoms with Crippen LogP contribution in [0.15, 0.2) is 71.8 Å². The molecule has 0 amide bonds. The van der Waals surface area contributed by atoms with Crippen LogP contribution in [0.5, 0.6) is 5.88 Å². The second kappa shape index (κ2) is 8.87. The summed E-state index contributed by atoms with van der Waals surface area (Å²) in [6.45, 7) is 4.21. The third-order valence-corrected chi connectivity index (χ3v) is 7.17. The summed E-state index contributed by atoms with van der Waals surface area (Å²) < 4.78 is 3.71. The number of benzene rings is 2. The molecule has 5 aromatic rings. The SMILES string of the molecule is Cc1ccc(-c2cccc(-c3c(O)[n+](Cc4cnc(Cl)s4)c4c(C)cccn4c3=O)c2)c(Cl)c1. The number of nitrogens with zero attached hydrogens (tertiary/aromatic N) is 3. The van der Waals surface area contributed by atoms with Gasteiger partial charge in [0.2, 0.25) is 0 Å². The van der Waals surface area contributed by atoms with Crippen molar-refractivity contribution in [3.05, 3.63) is 103 Å². The predicted molar refractivity (Wildman–Crippen MR) is 137 cm³/mol. The van der Waals surface area contributed by atoms with E-state index in [-0.39, 0.29) is 17.0 Å². The van der Waals surface area contributed by atoms with Gasteiger partial charge in [-0.15, -0.1) is 11.3 Å². The van der Waals surface area contributed by atoms with Crippen molar-refractivity contribution in [1.82, 2.24) is 9.38 Å². The number of hydrogen-bond acceptors (Lipinski definition) is 4. The zero-order chi connectivity index (χ0) is 24.0. The third-order valence-electron chi connectivity index (χ3n) is 5.76. The highest BCUT2D eigenvalue weighted by atomic mass is 35.5. The van der Waals surface area contributed by atoms with Gasteiger partial charge in [-0.3, -0.25) is 0 Å². The third kappa shape index (κ3) is 3.98. The van der Waals surface area contributed by atoms with E-state index in [1.165, 1.54) is 11.3 Å². The lowest BCUT2D eigenvalue weighted by Crippen LogP contribution is -2.41. The average molecular weight is 509 g/mol. The number of aryl methyl sites for hydroxylation is 2. The van der Waals surface area contributed by atoms with Crippen molar-refractivity contribution in [1.29, 1.82) is 0 Å². The van der Waals surface area contributed by atoms with E-state index >= 15 is 0 Å². The number of fused-ring (bicyclic) bond motifs is 1. The number of thiazole rings is 1. The molecule has 0 radical (unpaired) electrons. The Balaban J connectivity index is 1.76. The molecule has 3 heterocycles. The summed E-state index contributed by atoms with van der Waals surface area (Å²) in [5.41, 5.74) is 4.76. The molecule has 0 unspecified atom stereocenters. The molecule has 5 nitrogen and oxygen atoms in total. The molecular weight excluding hydrogens is 489 g/mol. The van der Waals surface area contributed by atoms with Gasteiger partial charge in [-0.25, -0.2) is 9.78 Å². The summed E-state index contributed by atoms with van der Waals surface area (Å²) in [6.07, 6.45) is 3.39. The lowest BCUT2D eigenvalue weighted by Gasteiger charge is -2.12. The molecule has 0 saturated carbocycles. The molecule has 0 aliphatic heterocycles. The Hall–Kier alpha value is -3.19. The first kappa shape index (κ1) is 22.6. The Kier molecular flexibility index (Phi) is 5.90. The molecule has 34 heavy (non-hydrogen) atoms. The van der Waals surface area contributed by atoms with Crippen LogP contribution in [0.2, 0.25) is 9.49 Å². The number of rotatable bonds is 4. The highest BCUT2D eigenvalue weighted by molar-refractivity contribution is 7.15. The number of hydrogen-bond donors (Lipinski definition) is 1. The van der Waals surface area contributed by atoms with Crippen molar-refractivity contribution in [2.45, 2.75) is 20.4 Å². The largest absolute Gasteiger partial charge is 0.477 e. The maximum Gasteiger partial charge on any atom is 0.354 e. The van der Waals surface area contributed by atoms with Crippen LogP contribution in [0.3, 0.4) is 0 Å². The van der Waals surface area contributed by atoms with Crippen molar-refractivity contribution in [2.75, 3.05) is 0 Å². The van der Waals surface area contributed by atoms with E-state index in [1.54, 1.807) is 21.4 Å². The van der Waals surface area contributed by atoms with Crippen LogP contribution in [0, 0.1) is 13.8 Å². The predicted octanol–water partition coefficient (Wildman–Crippen LogP) is 6.06. The molecule has 170 valence electrons. The molecule has 0 fully saturated rings. The monoisotopic (exact) mass is 508 g/mol. The average Bonchev–Trinajstić information content (AvgIpc) is 3.22. The summed E-state index contributed by atoms with van der Waals surface area (Å²) in [7, 11) is 0. The topological polar surface area (TPSA) is 58.5 Å². The normalized spacial score (nSPS) is 11.3. The minimum atomic E-state index is -0.304. The number of aromatic nitrogens is 3. The van der Waals surface area contributed by atoms with Crippen LogP contribution >= 0.6 is 34.5 Å². The summed E-state index contributed by atoms with van der Waals surface area (Å²) >= 11 is 13.9. The van der Waals surface area contributed by atoms with E-state index < -0.39 is 0 Å². The van der Waals surface area contributed by atoms with E-state index in [9.17, 15) is 9.90 Å². The minimum absolute atomic E-state index is 0.115. The Bertz CT molecular complexity index is 1620. The van der Waals surface area contributed by atoms with Crippen molar-refractivity contribution in [3.63, 3.8) is 0 Å². The molecule has 3 aromatic heterocycles. The van der Waals surface area contributed by atoms with Gasteiger partial charge in [-0.05, 0) is 54.8 Å². The van der Waals surface area contributed by atoms with Crippen LogP contribution in [0.1, 0.15) is 16.0 Å². The van der Waals surface area contributed by atoms with E-state index in [0.717, 1.165) is 27.1 Å². The summed E-state index contributed by atoms with van der Waals surface area (Å²) in [4.78, 5) is 18.6. The molecular formula is C26H20Cl2N3O2S+. The molecule has 8 heteroatoms. The van der Waals surface area contributed by atoms with Crippen LogP contribution in [0.4, 0.5) is 0 Å². The molecule has 0 saturated heterocycles. The standard InChI is InChI=1S/C26H19Cl2N3O2S/c1-15-8-9-20(21(27)11-15)17-6-3-7-18(12-17)22-24(32)30-10-4-5-16(2)23(30)31(25(22)33)14-19-13-29-26(28)34-19/h3-13H,14H2,1-2H3/p+1. The van der Waals surface area contributed by atoms with Crippen molar-refractivity contribution >= 4 is 40.2 Å². The zero-order valence-corrected chi connectivity index (χ0v) is 20.7. The molecule has 5 rings (SSSR count). The van der Waals surface area contributed by atoms with Gasteiger partial charge in [0.25, 0.3) is 11.5 Å². The van der Waals surface area contributed by atoms with Gasteiger partial charge >= 0.3 is 5.56 Å². The first-order valence-corrected chi connectivity index (χ1v) is 12.1. The number of halogens is 2. The first-order valence-electron chi connectivity index (χ1n) is 10.6. The fraction of sp³-hybridized carbons (Fsp3) is 0.115. The molecule has 0 spiro atoms. The maximum atomic E-state index is 13.6. The molecule has 0 aliphatic rings. The zero-order valence-electron chi connectivity index (χ0n) is 18.4. The van der Waals surface area contributed by atoms with E-state index in [1.807, 2.05) is 68.4 Å².